The molecule has 5 nitrogen and oxygen atoms in total. The van der Waals surface area contributed by atoms with Gasteiger partial charge in [-0.15, -0.1) is 0 Å². The Hall–Kier alpha value is -3.34. The summed E-state index contributed by atoms with van der Waals surface area (Å²) in [6, 6.07) is 17.5. The molecule has 0 bridgehead atoms. The minimum atomic E-state index is -0.0718. The minimum Gasteiger partial charge on any atom is -0.461 e. The largest absolute Gasteiger partial charge is 0.461 e. The Morgan fingerprint density at radius 3 is 2.77 bits per heavy atom. The van der Waals surface area contributed by atoms with Crippen molar-refractivity contribution in [2.75, 3.05) is 7.05 Å². The first kappa shape index (κ1) is 16.1. The highest BCUT2D eigenvalue weighted by molar-refractivity contribution is 6.04. The molecule has 2 aromatic heterocycles. The van der Waals surface area contributed by atoms with E-state index in [4.69, 9.17) is 4.42 Å². The van der Waals surface area contributed by atoms with Crippen LogP contribution in [0.5, 0.6) is 0 Å². The van der Waals surface area contributed by atoms with Gasteiger partial charge in [-0.1, -0.05) is 30.3 Å². The van der Waals surface area contributed by atoms with Gasteiger partial charge in [-0.05, 0) is 31.2 Å². The summed E-state index contributed by atoms with van der Waals surface area (Å²) in [7, 11) is 1.79. The van der Waals surface area contributed by atoms with E-state index in [-0.39, 0.29) is 5.91 Å². The van der Waals surface area contributed by atoms with Crippen LogP contribution in [0.2, 0.25) is 0 Å². The quantitative estimate of drug-likeness (QED) is 0.557. The van der Waals surface area contributed by atoms with E-state index in [1.807, 2.05) is 66.3 Å². The van der Waals surface area contributed by atoms with Gasteiger partial charge < -0.3 is 9.32 Å². The van der Waals surface area contributed by atoms with Crippen molar-refractivity contribution >= 4 is 16.9 Å². The maximum absolute atomic E-state index is 12.9. The number of aromatic nitrogens is 2. The summed E-state index contributed by atoms with van der Waals surface area (Å²) in [5.74, 6) is 0.726. The summed E-state index contributed by atoms with van der Waals surface area (Å²) in [4.78, 5) is 14.6. The number of para-hydroxylation sites is 2. The van der Waals surface area contributed by atoms with E-state index < -0.39 is 0 Å². The lowest BCUT2D eigenvalue weighted by Gasteiger charge is -2.16. The van der Waals surface area contributed by atoms with Crippen LogP contribution in [0.15, 0.2) is 71.4 Å². The molecule has 26 heavy (non-hydrogen) atoms. The molecule has 0 N–H and O–H groups in total. The van der Waals surface area contributed by atoms with Gasteiger partial charge in [0.1, 0.15) is 11.3 Å². The molecule has 130 valence electrons. The van der Waals surface area contributed by atoms with Gasteiger partial charge in [0.2, 0.25) is 0 Å². The van der Waals surface area contributed by atoms with E-state index in [2.05, 4.69) is 5.10 Å². The molecule has 0 spiro atoms. The molecular weight excluding hydrogens is 326 g/mol. The van der Waals surface area contributed by atoms with Gasteiger partial charge in [-0.25, -0.2) is 4.68 Å². The molecule has 1 amide bonds. The third-order valence-corrected chi connectivity index (χ3v) is 4.32. The lowest BCUT2D eigenvalue weighted by molar-refractivity contribution is 0.0786. The number of rotatable bonds is 4. The highest BCUT2D eigenvalue weighted by Gasteiger charge is 2.18. The van der Waals surface area contributed by atoms with Crippen LogP contribution >= 0.6 is 0 Å². The third kappa shape index (κ3) is 2.99. The topological polar surface area (TPSA) is 51.3 Å². The molecule has 0 aliphatic carbocycles. The first-order valence-electron chi connectivity index (χ1n) is 8.45. The number of hydrogen-bond donors (Lipinski definition) is 0. The van der Waals surface area contributed by atoms with E-state index >= 15 is 0 Å². The van der Waals surface area contributed by atoms with Gasteiger partial charge >= 0.3 is 0 Å². The Balaban J connectivity index is 1.55. The zero-order chi connectivity index (χ0) is 18.1. The number of hydrogen-bond acceptors (Lipinski definition) is 3. The average Bonchev–Trinajstić information content (AvgIpc) is 3.27. The van der Waals surface area contributed by atoms with Crippen molar-refractivity contribution in [2.45, 2.75) is 13.5 Å². The molecule has 4 rings (SSSR count). The van der Waals surface area contributed by atoms with Crippen LogP contribution in [0.4, 0.5) is 0 Å². The fourth-order valence-corrected chi connectivity index (χ4v) is 3.08. The second-order valence-corrected chi connectivity index (χ2v) is 6.37. The second kappa shape index (κ2) is 6.52. The summed E-state index contributed by atoms with van der Waals surface area (Å²) in [6.45, 7) is 2.36. The minimum absolute atomic E-state index is 0.0718. The molecule has 0 saturated carbocycles. The smallest absolute Gasteiger partial charge is 0.257 e. The highest BCUT2D eigenvalue weighted by Crippen LogP contribution is 2.24. The maximum Gasteiger partial charge on any atom is 0.257 e. The normalized spacial score (nSPS) is 11.0. The van der Waals surface area contributed by atoms with Gasteiger partial charge in [-0.2, -0.15) is 5.10 Å². The number of fused-ring (bicyclic) bond motifs is 1. The summed E-state index contributed by atoms with van der Waals surface area (Å²) in [5, 5.41) is 5.33. The van der Waals surface area contributed by atoms with Gasteiger partial charge in [-0.3, -0.25) is 4.79 Å². The summed E-state index contributed by atoms with van der Waals surface area (Å²) >= 11 is 0. The van der Waals surface area contributed by atoms with Crippen LogP contribution in [-0.2, 0) is 6.54 Å². The van der Waals surface area contributed by atoms with Crippen LogP contribution in [-0.4, -0.2) is 27.6 Å². The van der Waals surface area contributed by atoms with Crippen LogP contribution < -0.4 is 0 Å². The Morgan fingerprint density at radius 2 is 1.96 bits per heavy atom. The van der Waals surface area contributed by atoms with Crippen molar-refractivity contribution < 1.29 is 9.21 Å². The molecule has 0 radical (unpaired) electrons. The molecule has 4 aromatic rings. The van der Waals surface area contributed by atoms with E-state index in [0.717, 1.165) is 22.4 Å². The zero-order valence-corrected chi connectivity index (χ0v) is 14.7. The van der Waals surface area contributed by atoms with Gasteiger partial charge in [0.15, 0.2) is 0 Å². The number of nitrogens with zero attached hydrogens (tertiary/aromatic N) is 3. The van der Waals surface area contributed by atoms with E-state index in [9.17, 15) is 4.79 Å². The monoisotopic (exact) mass is 345 g/mol. The van der Waals surface area contributed by atoms with Crippen molar-refractivity contribution in [1.82, 2.24) is 14.7 Å². The van der Waals surface area contributed by atoms with Gasteiger partial charge in [0.25, 0.3) is 5.91 Å². The summed E-state index contributed by atoms with van der Waals surface area (Å²) in [5.41, 5.74) is 3.17. The molecule has 0 fully saturated rings. The maximum atomic E-state index is 12.9. The molecule has 0 saturated heterocycles. The molecule has 0 aliphatic heterocycles. The van der Waals surface area contributed by atoms with Crippen molar-refractivity contribution in [3.8, 4) is 5.69 Å². The fourth-order valence-electron chi connectivity index (χ4n) is 3.08. The van der Waals surface area contributed by atoms with Crippen LogP contribution in [0.3, 0.4) is 0 Å². The van der Waals surface area contributed by atoms with Gasteiger partial charge in [0.05, 0.1) is 17.4 Å². The van der Waals surface area contributed by atoms with Crippen molar-refractivity contribution in [3.05, 3.63) is 83.9 Å². The second-order valence-electron chi connectivity index (χ2n) is 6.37. The number of furan rings is 1. The Kier molecular flexibility index (Phi) is 4.05. The van der Waals surface area contributed by atoms with Crippen LogP contribution in [0.25, 0.3) is 16.7 Å². The predicted molar refractivity (Wildman–Crippen MR) is 100 cm³/mol. The first-order valence-corrected chi connectivity index (χ1v) is 8.45. The van der Waals surface area contributed by atoms with E-state index in [0.29, 0.717) is 17.7 Å². The number of carbonyl (C=O) groups excluding carboxylic acids is 1. The van der Waals surface area contributed by atoms with Gasteiger partial charge in [0, 0.05) is 30.7 Å². The van der Waals surface area contributed by atoms with E-state index in [1.165, 1.54) is 0 Å². The standard InChI is InChI=1S/C21H19N3O2/c1-15-11-17-7-6-10-19(20(17)26-15)21(25)23(2)13-16-12-22-24(14-16)18-8-4-3-5-9-18/h3-12,14H,13H2,1-2H3. The predicted octanol–water partition coefficient (Wildman–Crippen LogP) is 4.20. The molecule has 2 heterocycles. The molecule has 2 aromatic carbocycles. The van der Waals surface area contributed by atoms with E-state index in [1.54, 1.807) is 24.2 Å². The zero-order valence-electron chi connectivity index (χ0n) is 14.7. The number of carbonyl (C=O) groups is 1. The van der Waals surface area contributed by atoms with Crippen molar-refractivity contribution in [1.29, 1.82) is 0 Å². The molecule has 0 unspecified atom stereocenters. The van der Waals surface area contributed by atoms with Crippen molar-refractivity contribution in [3.63, 3.8) is 0 Å². The Morgan fingerprint density at radius 1 is 1.15 bits per heavy atom. The lowest BCUT2D eigenvalue weighted by Crippen LogP contribution is -2.26. The first-order chi connectivity index (χ1) is 12.6. The number of benzene rings is 2. The summed E-state index contributed by atoms with van der Waals surface area (Å²) in [6.07, 6.45) is 3.73. The molecule has 0 atom stereocenters. The highest BCUT2D eigenvalue weighted by atomic mass is 16.3. The number of aryl methyl sites for hydroxylation is 1. The average molecular weight is 345 g/mol. The van der Waals surface area contributed by atoms with Crippen LogP contribution in [0.1, 0.15) is 21.7 Å². The fraction of sp³-hybridized carbons (Fsp3) is 0.143. The Labute approximate surface area is 151 Å². The third-order valence-electron chi connectivity index (χ3n) is 4.32. The molecule has 5 heteroatoms. The Bertz CT molecular complexity index is 1060. The molecule has 0 aliphatic rings. The van der Waals surface area contributed by atoms with Crippen LogP contribution in [0, 0.1) is 6.92 Å². The SMILES string of the molecule is Cc1cc2cccc(C(=O)N(C)Cc3cnn(-c4ccccc4)c3)c2o1. The lowest BCUT2D eigenvalue weighted by atomic mass is 10.1. The number of amides is 1. The molecular formula is C21H19N3O2. The van der Waals surface area contributed by atoms with Crippen molar-refractivity contribution in [2.24, 2.45) is 0 Å². The summed E-state index contributed by atoms with van der Waals surface area (Å²) < 4.78 is 7.53.